The Morgan fingerprint density at radius 3 is 2.68 bits per heavy atom. The van der Waals surface area contributed by atoms with Gasteiger partial charge in [0.15, 0.2) is 9.84 Å². The molecule has 0 bridgehead atoms. The Kier molecular flexibility index (Phi) is 4.68. The van der Waals surface area contributed by atoms with E-state index in [9.17, 15) is 13.2 Å². The molecule has 0 saturated heterocycles. The molecule has 0 saturated carbocycles. The zero-order valence-corrected chi connectivity index (χ0v) is 15.7. The van der Waals surface area contributed by atoms with Crippen molar-refractivity contribution in [1.82, 2.24) is 10.4 Å². The van der Waals surface area contributed by atoms with E-state index in [0.29, 0.717) is 10.2 Å². The number of aromatic nitrogens is 1. The summed E-state index contributed by atoms with van der Waals surface area (Å²) in [5.74, 6) is -0.465. The summed E-state index contributed by atoms with van der Waals surface area (Å²) < 4.78 is 24.0. The van der Waals surface area contributed by atoms with Crippen LogP contribution in [0.1, 0.15) is 15.9 Å². The third-order valence-electron chi connectivity index (χ3n) is 3.50. The van der Waals surface area contributed by atoms with E-state index in [1.165, 1.54) is 35.6 Å². The molecule has 0 aliphatic carbocycles. The fourth-order valence-electron chi connectivity index (χ4n) is 2.21. The number of hydrogen-bond donors (Lipinski definition) is 2. The SMILES string of the molecule is Cc1ccc(Cl)c2sc(NNC(=O)c3cccc(S(C)(=O)=O)c3)nc12. The molecule has 1 aromatic heterocycles. The van der Waals surface area contributed by atoms with Crippen molar-refractivity contribution in [3.05, 3.63) is 52.5 Å². The number of sulfone groups is 1. The van der Waals surface area contributed by atoms with Crippen LogP contribution in [-0.4, -0.2) is 25.6 Å². The number of fused-ring (bicyclic) bond motifs is 1. The number of nitrogens with zero attached hydrogens (tertiary/aromatic N) is 1. The summed E-state index contributed by atoms with van der Waals surface area (Å²) in [5, 5.41) is 1.08. The van der Waals surface area contributed by atoms with Crippen molar-refractivity contribution in [2.24, 2.45) is 0 Å². The minimum atomic E-state index is -3.38. The van der Waals surface area contributed by atoms with Gasteiger partial charge in [0.05, 0.1) is 20.1 Å². The van der Waals surface area contributed by atoms with Crippen molar-refractivity contribution in [2.45, 2.75) is 11.8 Å². The molecule has 0 fully saturated rings. The quantitative estimate of drug-likeness (QED) is 0.661. The molecule has 3 aromatic rings. The Labute approximate surface area is 153 Å². The summed E-state index contributed by atoms with van der Waals surface area (Å²) in [7, 11) is -3.38. The number of anilines is 1. The van der Waals surface area contributed by atoms with Crippen LogP contribution in [0.2, 0.25) is 5.02 Å². The number of benzene rings is 2. The molecule has 25 heavy (non-hydrogen) atoms. The number of hydrazine groups is 1. The number of halogens is 1. The topological polar surface area (TPSA) is 88.2 Å². The van der Waals surface area contributed by atoms with Gasteiger partial charge < -0.3 is 0 Å². The molecule has 1 heterocycles. The summed E-state index contributed by atoms with van der Waals surface area (Å²) in [6.45, 7) is 1.93. The van der Waals surface area contributed by atoms with Gasteiger partial charge in [-0.05, 0) is 36.8 Å². The van der Waals surface area contributed by atoms with Crippen LogP contribution in [0.3, 0.4) is 0 Å². The maximum Gasteiger partial charge on any atom is 0.269 e. The van der Waals surface area contributed by atoms with Gasteiger partial charge >= 0.3 is 0 Å². The number of carbonyl (C=O) groups excluding carboxylic acids is 1. The number of thiazole rings is 1. The molecule has 0 spiro atoms. The third kappa shape index (κ3) is 3.76. The van der Waals surface area contributed by atoms with Crippen LogP contribution in [0.15, 0.2) is 41.3 Å². The second-order valence-electron chi connectivity index (χ2n) is 5.44. The van der Waals surface area contributed by atoms with Gasteiger partial charge in [-0.25, -0.2) is 13.4 Å². The van der Waals surface area contributed by atoms with E-state index in [-0.39, 0.29) is 10.5 Å². The van der Waals surface area contributed by atoms with Gasteiger partial charge in [-0.1, -0.05) is 35.1 Å². The third-order valence-corrected chi connectivity index (χ3v) is 6.05. The molecule has 3 rings (SSSR count). The lowest BCUT2D eigenvalue weighted by molar-refractivity contribution is 0.0962. The van der Waals surface area contributed by atoms with Crippen LogP contribution >= 0.6 is 22.9 Å². The van der Waals surface area contributed by atoms with Gasteiger partial charge in [-0.2, -0.15) is 0 Å². The minimum Gasteiger partial charge on any atom is -0.273 e. The van der Waals surface area contributed by atoms with Crippen molar-refractivity contribution >= 4 is 54.0 Å². The van der Waals surface area contributed by atoms with Crippen molar-refractivity contribution in [1.29, 1.82) is 0 Å². The first-order chi connectivity index (χ1) is 11.8. The molecular weight excluding hydrogens is 382 g/mol. The first-order valence-corrected chi connectivity index (χ1v) is 10.3. The van der Waals surface area contributed by atoms with E-state index in [2.05, 4.69) is 15.8 Å². The summed E-state index contributed by atoms with van der Waals surface area (Å²) in [4.78, 5) is 16.7. The Morgan fingerprint density at radius 1 is 1.24 bits per heavy atom. The van der Waals surface area contributed by atoms with E-state index in [4.69, 9.17) is 11.6 Å². The van der Waals surface area contributed by atoms with Gasteiger partial charge in [0.1, 0.15) is 0 Å². The van der Waals surface area contributed by atoms with Crippen LogP contribution in [0.25, 0.3) is 10.2 Å². The average molecular weight is 396 g/mol. The fourth-order valence-corrected chi connectivity index (χ4v) is 4.04. The highest BCUT2D eigenvalue weighted by Gasteiger charge is 2.13. The largest absolute Gasteiger partial charge is 0.273 e. The van der Waals surface area contributed by atoms with Crippen LogP contribution in [0, 0.1) is 6.92 Å². The molecule has 0 radical (unpaired) electrons. The molecule has 9 heteroatoms. The Morgan fingerprint density at radius 2 is 2.00 bits per heavy atom. The maximum atomic E-state index is 12.2. The lowest BCUT2D eigenvalue weighted by Crippen LogP contribution is -2.29. The normalized spacial score (nSPS) is 11.5. The van der Waals surface area contributed by atoms with Crippen molar-refractivity contribution < 1.29 is 13.2 Å². The second-order valence-corrected chi connectivity index (χ2v) is 8.86. The highest BCUT2D eigenvalue weighted by molar-refractivity contribution is 7.90. The van der Waals surface area contributed by atoms with Crippen molar-refractivity contribution in [3.8, 4) is 0 Å². The van der Waals surface area contributed by atoms with Crippen LogP contribution in [0.5, 0.6) is 0 Å². The fraction of sp³-hybridized carbons (Fsp3) is 0.125. The average Bonchev–Trinajstić information content (AvgIpc) is 3.01. The van der Waals surface area contributed by atoms with E-state index in [1.54, 1.807) is 6.07 Å². The Bertz CT molecular complexity index is 1040. The predicted octanol–water partition coefficient (Wildman–Crippen LogP) is 3.42. The smallest absolute Gasteiger partial charge is 0.269 e. The monoisotopic (exact) mass is 395 g/mol. The highest BCUT2D eigenvalue weighted by Crippen LogP contribution is 2.33. The molecule has 0 unspecified atom stereocenters. The number of carbonyl (C=O) groups is 1. The molecule has 2 aromatic carbocycles. The van der Waals surface area contributed by atoms with Gasteiger partial charge in [-0.3, -0.25) is 15.6 Å². The zero-order valence-electron chi connectivity index (χ0n) is 13.3. The molecule has 0 aliphatic rings. The zero-order chi connectivity index (χ0) is 18.2. The van der Waals surface area contributed by atoms with Crippen molar-refractivity contribution in [2.75, 3.05) is 11.7 Å². The number of nitrogens with one attached hydrogen (secondary N) is 2. The molecular formula is C16H14ClN3O3S2. The van der Waals surface area contributed by atoms with Crippen molar-refractivity contribution in [3.63, 3.8) is 0 Å². The molecule has 6 nitrogen and oxygen atoms in total. The predicted molar refractivity (Wildman–Crippen MR) is 100 cm³/mol. The summed E-state index contributed by atoms with van der Waals surface area (Å²) in [6.07, 6.45) is 1.09. The number of amides is 1. The lowest BCUT2D eigenvalue weighted by Gasteiger charge is -2.06. The Hall–Kier alpha value is -2.16. The molecule has 1 amide bonds. The summed E-state index contributed by atoms with van der Waals surface area (Å²) in [6, 6.07) is 9.50. The number of aryl methyl sites for hydroxylation is 1. The van der Waals surface area contributed by atoms with Crippen LogP contribution in [-0.2, 0) is 9.84 Å². The van der Waals surface area contributed by atoms with Gasteiger partial charge in [0, 0.05) is 11.8 Å². The van der Waals surface area contributed by atoms with E-state index in [1.807, 2.05) is 13.0 Å². The maximum absolute atomic E-state index is 12.2. The Balaban J connectivity index is 1.79. The van der Waals surface area contributed by atoms with Gasteiger partial charge in [-0.15, -0.1) is 0 Å². The van der Waals surface area contributed by atoms with Gasteiger partial charge in [0.2, 0.25) is 5.13 Å². The minimum absolute atomic E-state index is 0.0857. The first-order valence-electron chi connectivity index (χ1n) is 7.18. The molecule has 0 atom stereocenters. The molecule has 2 N–H and O–H groups in total. The van der Waals surface area contributed by atoms with E-state index in [0.717, 1.165) is 22.0 Å². The standard InChI is InChI=1S/C16H14ClN3O3S2/c1-9-6-7-12(17)14-13(9)18-16(24-14)20-19-15(21)10-4-3-5-11(8-10)25(2,22)23/h3-8H,1-2H3,(H,18,20)(H,19,21). The molecule has 130 valence electrons. The highest BCUT2D eigenvalue weighted by atomic mass is 35.5. The number of hydrogen-bond acceptors (Lipinski definition) is 6. The first kappa shape index (κ1) is 17.7. The van der Waals surface area contributed by atoms with Gasteiger partial charge in [0.25, 0.3) is 5.91 Å². The van der Waals surface area contributed by atoms with E-state index >= 15 is 0 Å². The van der Waals surface area contributed by atoms with E-state index < -0.39 is 15.7 Å². The lowest BCUT2D eigenvalue weighted by atomic mass is 10.2. The van der Waals surface area contributed by atoms with Crippen LogP contribution < -0.4 is 10.9 Å². The van der Waals surface area contributed by atoms with Crippen LogP contribution in [0.4, 0.5) is 5.13 Å². The summed E-state index contributed by atoms with van der Waals surface area (Å²) >= 11 is 7.48. The second kappa shape index (κ2) is 6.62. The molecule has 0 aliphatic heterocycles. The number of rotatable bonds is 4. The summed E-state index contributed by atoms with van der Waals surface area (Å²) in [5.41, 5.74) is 7.24.